The first kappa shape index (κ1) is 28.5. The van der Waals surface area contributed by atoms with Crippen molar-refractivity contribution < 1.29 is 45.7 Å². The van der Waals surface area contributed by atoms with Crippen LogP contribution in [0.3, 0.4) is 0 Å². The molecule has 17 heteroatoms. The molecule has 4 atom stereocenters. The standard InChI is InChI=1S/C22H24F6N6O5/c1-11(39-16-8-31-32-18(36)17(16)22(26,27)28)10-38-15-3-5-34(19(15)37)13-2-4-33(9-14(13)35)20-29-6-12(7-30-20)21(23,24)25/h6-8,11,13-15,35H,2-5,9-10H2,1H3,(H,32,36)/t11?,13-,14-,15?/m1/s1. The predicted molar refractivity (Wildman–Crippen MR) is 120 cm³/mol. The van der Waals surface area contributed by atoms with Gasteiger partial charge in [-0.15, -0.1) is 0 Å². The molecule has 0 aliphatic carbocycles. The summed E-state index contributed by atoms with van der Waals surface area (Å²) in [6.45, 7) is 1.66. The number of nitrogens with zero attached hydrogens (tertiary/aromatic N) is 5. The Labute approximate surface area is 216 Å². The number of rotatable bonds is 7. The van der Waals surface area contributed by atoms with Gasteiger partial charge in [0.25, 0.3) is 11.5 Å². The number of H-pyrrole nitrogens is 1. The lowest BCUT2D eigenvalue weighted by Gasteiger charge is -2.40. The van der Waals surface area contributed by atoms with Gasteiger partial charge in [-0.05, 0) is 13.3 Å². The molecule has 4 heterocycles. The second kappa shape index (κ2) is 11.0. The third-order valence-electron chi connectivity index (χ3n) is 6.35. The molecular weight excluding hydrogens is 542 g/mol. The van der Waals surface area contributed by atoms with Crippen LogP contribution in [-0.4, -0.2) is 86.7 Å². The summed E-state index contributed by atoms with van der Waals surface area (Å²) in [7, 11) is 0. The highest BCUT2D eigenvalue weighted by molar-refractivity contribution is 5.83. The van der Waals surface area contributed by atoms with Crippen molar-refractivity contribution in [2.24, 2.45) is 0 Å². The molecular formula is C22H24F6N6O5. The monoisotopic (exact) mass is 566 g/mol. The molecule has 214 valence electrons. The molecule has 11 nitrogen and oxygen atoms in total. The summed E-state index contributed by atoms with van der Waals surface area (Å²) in [5, 5.41) is 15.7. The number of anilines is 1. The van der Waals surface area contributed by atoms with Crippen molar-refractivity contribution in [1.29, 1.82) is 0 Å². The summed E-state index contributed by atoms with van der Waals surface area (Å²) in [6, 6.07) is -0.582. The highest BCUT2D eigenvalue weighted by atomic mass is 19.4. The summed E-state index contributed by atoms with van der Waals surface area (Å²) in [6.07, 6.45) is -9.86. The number of carbonyl (C=O) groups is 1. The molecule has 1 amide bonds. The van der Waals surface area contributed by atoms with Crippen LogP contribution in [0.2, 0.25) is 0 Å². The van der Waals surface area contributed by atoms with Crippen molar-refractivity contribution in [1.82, 2.24) is 25.1 Å². The first-order valence-electron chi connectivity index (χ1n) is 11.8. The van der Waals surface area contributed by atoms with E-state index in [4.69, 9.17) is 9.47 Å². The number of piperidine rings is 1. The summed E-state index contributed by atoms with van der Waals surface area (Å²) in [5.41, 5.74) is -3.98. The number of likely N-dealkylation sites (tertiary alicyclic amines) is 1. The van der Waals surface area contributed by atoms with Crippen LogP contribution in [-0.2, 0) is 21.9 Å². The van der Waals surface area contributed by atoms with E-state index >= 15 is 0 Å². The van der Waals surface area contributed by atoms with Gasteiger partial charge in [0.2, 0.25) is 5.95 Å². The van der Waals surface area contributed by atoms with Gasteiger partial charge in [-0.3, -0.25) is 9.59 Å². The van der Waals surface area contributed by atoms with Crippen LogP contribution in [0.15, 0.2) is 23.4 Å². The van der Waals surface area contributed by atoms with Gasteiger partial charge in [0, 0.05) is 38.4 Å². The summed E-state index contributed by atoms with van der Waals surface area (Å²) in [5.74, 6) is -1.17. The molecule has 2 saturated heterocycles. The molecule has 2 aromatic rings. The van der Waals surface area contributed by atoms with Crippen molar-refractivity contribution in [2.45, 2.75) is 56.5 Å². The predicted octanol–water partition coefficient (Wildman–Crippen LogP) is 1.62. The zero-order chi connectivity index (χ0) is 28.5. The molecule has 0 bridgehead atoms. The molecule has 2 unspecified atom stereocenters. The van der Waals surface area contributed by atoms with E-state index in [1.807, 2.05) is 0 Å². The van der Waals surface area contributed by atoms with Crippen LogP contribution in [0.1, 0.15) is 30.9 Å². The number of ether oxygens (including phenoxy) is 2. The second-order valence-electron chi connectivity index (χ2n) is 9.15. The van der Waals surface area contributed by atoms with E-state index in [-0.39, 0.29) is 38.6 Å². The van der Waals surface area contributed by atoms with Gasteiger partial charge in [0.15, 0.2) is 11.3 Å². The number of alkyl halides is 6. The number of nitrogens with one attached hydrogen (secondary N) is 1. The van der Waals surface area contributed by atoms with Gasteiger partial charge in [-0.2, -0.15) is 31.4 Å². The molecule has 2 fully saturated rings. The minimum atomic E-state index is -4.97. The van der Waals surface area contributed by atoms with E-state index in [1.54, 1.807) is 5.10 Å². The second-order valence-corrected chi connectivity index (χ2v) is 9.15. The lowest BCUT2D eigenvalue weighted by Crippen LogP contribution is -2.55. The fourth-order valence-electron chi connectivity index (χ4n) is 4.50. The number of aliphatic hydroxyl groups is 1. The molecule has 4 rings (SSSR count). The van der Waals surface area contributed by atoms with E-state index in [0.717, 1.165) is 6.20 Å². The third-order valence-corrected chi connectivity index (χ3v) is 6.35. The van der Waals surface area contributed by atoms with Crippen molar-refractivity contribution in [3.05, 3.63) is 40.1 Å². The molecule has 2 N–H and O–H groups in total. The first-order valence-corrected chi connectivity index (χ1v) is 11.8. The molecule has 39 heavy (non-hydrogen) atoms. The van der Waals surface area contributed by atoms with Crippen molar-refractivity contribution in [2.75, 3.05) is 31.1 Å². The highest BCUT2D eigenvalue weighted by Crippen LogP contribution is 2.33. The topological polar surface area (TPSA) is 134 Å². The first-order chi connectivity index (χ1) is 18.3. The summed E-state index contributed by atoms with van der Waals surface area (Å²) >= 11 is 0. The van der Waals surface area contributed by atoms with Crippen molar-refractivity contribution in [3.63, 3.8) is 0 Å². The minimum absolute atomic E-state index is 0.0119. The average Bonchev–Trinajstić information content (AvgIpc) is 3.21. The Bertz CT molecular complexity index is 1220. The Morgan fingerprint density at radius 1 is 1.08 bits per heavy atom. The number of hydrogen-bond donors (Lipinski definition) is 2. The average molecular weight is 566 g/mol. The summed E-state index contributed by atoms with van der Waals surface area (Å²) in [4.78, 5) is 34.9. The Balaban J connectivity index is 1.30. The normalized spacial score (nSPS) is 23.3. The van der Waals surface area contributed by atoms with Crippen LogP contribution in [0.4, 0.5) is 32.3 Å². The van der Waals surface area contributed by atoms with E-state index in [2.05, 4.69) is 15.1 Å². The summed E-state index contributed by atoms with van der Waals surface area (Å²) < 4.78 is 88.6. The number of aromatic amines is 1. The number of aliphatic hydroxyl groups excluding tert-OH is 1. The zero-order valence-electron chi connectivity index (χ0n) is 20.4. The number of halogens is 6. The fourth-order valence-corrected chi connectivity index (χ4v) is 4.50. The maximum atomic E-state index is 13.2. The molecule has 0 aromatic carbocycles. The molecule has 0 saturated carbocycles. The maximum Gasteiger partial charge on any atom is 0.425 e. The van der Waals surface area contributed by atoms with Crippen molar-refractivity contribution in [3.8, 4) is 5.75 Å². The number of carbonyl (C=O) groups excluding carboxylic acids is 1. The van der Waals surface area contributed by atoms with E-state index < -0.39 is 65.0 Å². The van der Waals surface area contributed by atoms with Gasteiger partial charge >= 0.3 is 12.4 Å². The number of hydrogen-bond acceptors (Lipinski definition) is 9. The lowest BCUT2D eigenvalue weighted by atomic mass is 10.0. The Morgan fingerprint density at radius 2 is 1.77 bits per heavy atom. The Morgan fingerprint density at radius 3 is 2.38 bits per heavy atom. The quantitative estimate of drug-likeness (QED) is 0.480. The van der Waals surface area contributed by atoms with Gasteiger partial charge in [-0.1, -0.05) is 0 Å². The Kier molecular flexibility index (Phi) is 8.02. The molecule has 2 aliphatic rings. The molecule has 0 radical (unpaired) electrons. The number of aromatic nitrogens is 4. The maximum absolute atomic E-state index is 13.2. The molecule has 2 aliphatic heterocycles. The molecule has 0 spiro atoms. The van der Waals surface area contributed by atoms with Crippen LogP contribution in [0.25, 0.3) is 0 Å². The largest absolute Gasteiger partial charge is 0.486 e. The fraction of sp³-hybridized carbons (Fsp3) is 0.591. The number of amides is 1. The van der Waals surface area contributed by atoms with E-state index in [1.165, 1.54) is 16.7 Å². The molecule has 2 aromatic heterocycles. The van der Waals surface area contributed by atoms with Crippen molar-refractivity contribution >= 4 is 11.9 Å². The SMILES string of the molecule is CC(COC1CCN([C@@H]2CCN(c3ncc(C(F)(F)F)cn3)C[C@H]2O)C1=O)Oc1cn[nH]c(=O)c1C(F)(F)F. The van der Waals surface area contributed by atoms with Crippen LogP contribution < -0.4 is 15.2 Å². The highest BCUT2D eigenvalue weighted by Gasteiger charge is 2.42. The van der Waals surface area contributed by atoms with Crippen LogP contribution in [0.5, 0.6) is 5.75 Å². The Hall–Kier alpha value is -3.47. The van der Waals surface area contributed by atoms with Crippen LogP contribution in [0, 0.1) is 0 Å². The van der Waals surface area contributed by atoms with Gasteiger partial charge in [0.05, 0.1) is 30.5 Å². The van der Waals surface area contributed by atoms with Gasteiger partial charge < -0.3 is 24.4 Å². The lowest BCUT2D eigenvalue weighted by molar-refractivity contribution is -0.143. The van der Waals surface area contributed by atoms with Gasteiger partial charge in [-0.25, -0.2) is 15.1 Å². The van der Waals surface area contributed by atoms with E-state index in [9.17, 15) is 41.0 Å². The zero-order valence-corrected chi connectivity index (χ0v) is 20.4. The smallest absolute Gasteiger partial charge is 0.425 e. The van der Waals surface area contributed by atoms with E-state index in [0.29, 0.717) is 18.8 Å². The van der Waals surface area contributed by atoms with Crippen LogP contribution >= 0.6 is 0 Å². The number of β-amino-alcohol motifs (C(OH)–C–C–N with tert-alkyl or cyclic N) is 1. The van der Waals surface area contributed by atoms with Gasteiger partial charge in [0.1, 0.15) is 12.2 Å². The third kappa shape index (κ3) is 6.41. The minimum Gasteiger partial charge on any atom is -0.486 e.